The van der Waals surface area contributed by atoms with E-state index in [1.807, 2.05) is 0 Å². The van der Waals surface area contributed by atoms with Crippen LogP contribution >= 0.6 is 22.9 Å². The first-order valence-corrected chi connectivity index (χ1v) is 14.4. The second-order valence-corrected chi connectivity index (χ2v) is 11.0. The number of carbonyl (C=O) groups is 2. The van der Waals surface area contributed by atoms with E-state index in [1.54, 1.807) is 36.3 Å². The van der Waals surface area contributed by atoms with Crippen molar-refractivity contribution in [2.75, 3.05) is 13.7 Å². The number of amidine groups is 1. The first kappa shape index (κ1) is 28.9. The highest BCUT2D eigenvalue weighted by atomic mass is 35.5. The molecule has 0 radical (unpaired) electrons. The average molecular weight is 604 g/mol. The van der Waals surface area contributed by atoms with Crippen LogP contribution in [0.25, 0.3) is 0 Å². The van der Waals surface area contributed by atoms with E-state index in [4.69, 9.17) is 26.1 Å². The Morgan fingerprint density at radius 3 is 2.56 bits per heavy atom. The number of aromatic nitrogens is 3. The molecule has 1 aliphatic carbocycles. The van der Waals surface area contributed by atoms with Crippen molar-refractivity contribution in [1.82, 2.24) is 20.1 Å². The Balaban J connectivity index is 1.53. The monoisotopic (exact) mass is 603 g/mol. The molecule has 1 unspecified atom stereocenters. The largest absolute Gasteiger partial charge is 0.464 e. The Bertz CT molecular complexity index is 1530. The van der Waals surface area contributed by atoms with Crippen LogP contribution < -0.4 is 5.32 Å². The summed E-state index contributed by atoms with van der Waals surface area (Å²) in [5.74, 6) is -2.96. The number of esters is 2. The maximum Gasteiger partial charge on any atom is 0.358 e. The van der Waals surface area contributed by atoms with Crippen LogP contribution in [0.5, 0.6) is 0 Å². The van der Waals surface area contributed by atoms with Crippen LogP contribution in [0.2, 0.25) is 5.02 Å². The van der Waals surface area contributed by atoms with E-state index < -0.39 is 34.6 Å². The zero-order valence-corrected chi connectivity index (χ0v) is 24.2. The van der Waals surface area contributed by atoms with Gasteiger partial charge in [-0.1, -0.05) is 17.7 Å². The van der Waals surface area contributed by atoms with Gasteiger partial charge >= 0.3 is 11.9 Å². The molecule has 0 amide bonds. The molecule has 2 aliphatic rings. The lowest BCUT2D eigenvalue weighted by Crippen LogP contribution is -2.38. The van der Waals surface area contributed by atoms with E-state index in [2.05, 4.69) is 15.4 Å². The van der Waals surface area contributed by atoms with Crippen LogP contribution in [0, 0.1) is 17.6 Å². The molecule has 1 aromatic carbocycles. The minimum absolute atomic E-state index is 0.101. The van der Waals surface area contributed by atoms with Crippen molar-refractivity contribution in [3.05, 3.63) is 79.7 Å². The summed E-state index contributed by atoms with van der Waals surface area (Å²) < 4.78 is 40.5. The predicted octanol–water partition coefficient (Wildman–Crippen LogP) is 5.48. The Morgan fingerprint density at radius 1 is 1.17 bits per heavy atom. The maximum absolute atomic E-state index is 14.6. The van der Waals surface area contributed by atoms with Crippen LogP contribution in [0.1, 0.15) is 71.3 Å². The summed E-state index contributed by atoms with van der Waals surface area (Å²) in [7, 11) is 3.11. The SMILES string of the molecule is CCOC(=O)C1=C([C@H]2CC[C@@H](c3cc(C(=O)OC)nn3C)CC2)NC(c2nccs2)=NC1c1ccc(F)c(F)c1Cl. The summed E-state index contributed by atoms with van der Waals surface area (Å²) in [5.41, 5.74) is 2.14. The number of nitrogens with zero attached hydrogens (tertiary/aromatic N) is 4. The normalized spacial score (nSPS) is 20.8. The molecule has 216 valence electrons. The molecular formula is C28H28ClF2N5O4S. The van der Waals surface area contributed by atoms with Crippen molar-refractivity contribution in [2.24, 2.45) is 18.0 Å². The number of methoxy groups -OCH3 is 1. The standard InChI is InChI=1S/C28H28ClF2N5O4S/c1-4-40-28(38)20-23(15-7-5-14(6-8-15)19-13-18(27(37)39-3)35-36(19)2)33-25(26-32-11-12-41-26)34-24(20)16-9-10-17(30)22(31)21(16)29/h9-15,24H,4-8H2,1-3H3,(H,33,34)/t14-,15+,24?. The fourth-order valence-corrected chi connectivity index (χ4v) is 6.34. The molecule has 1 saturated carbocycles. The topological polar surface area (TPSA) is 108 Å². The van der Waals surface area contributed by atoms with Gasteiger partial charge in [-0.25, -0.2) is 23.4 Å². The lowest BCUT2D eigenvalue weighted by Gasteiger charge is -2.35. The third-order valence-electron chi connectivity index (χ3n) is 7.43. The lowest BCUT2D eigenvalue weighted by atomic mass is 9.77. The van der Waals surface area contributed by atoms with Crippen molar-refractivity contribution < 1.29 is 27.8 Å². The number of aliphatic imine (C=N–C) groups is 1. The highest BCUT2D eigenvalue weighted by Crippen LogP contribution is 2.44. The molecule has 0 spiro atoms. The molecule has 41 heavy (non-hydrogen) atoms. The molecule has 1 fully saturated rings. The molecule has 1 aliphatic heterocycles. The number of benzene rings is 1. The number of nitrogens with one attached hydrogen (secondary N) is 1. The molecule has 0 bridgehead atoms. The number of allylic oxidation sites excluding steroid dienone is 1. The van der Waals surface area contributed by atoms with E-state index in [-0.39, 0.29) is 35.3 Å². The summed E-state index contributed by atoms with van der Waals surface area (Å²) in [6, 6.07) is 3.04. The van der Waals surface area contributed by atoms with Crippen molar-refractivity contribution in [2.45, 2.75) is 44.6 Å². The summed E-state index contributed by atoms with van der Waals surface area (Å²) in [6.07, 6.45) is 4.53. The maximum atomic E-state index is 14.6. The van der Waals surface area contributed by atoms with E-state index in [1.165, 1.54) is 24.5 Å². The number of hydrogen-bond donors (Lipinski definition) is 1. The Kier molecular flexibility index (Phi) is 8.50. The molecular weight excluding hydrogens is 576 g/mol. The smallest absolute Gasteiger partial charge is 0.358 e. The van der Waals surface area contributed by atoms with Gasteiger partial charge in [-0.3, -0.25) is 9.67 Å². The third-order valence-corrected chi connectivity index (χ3v) is 8.59. The lowest BCUT2D eigenvalue weighted by molar-refractivity contribution is -0.139. The number of hydrogen-bond acceptors (Lipinski definition) is 9. The molecule has 1 atom stereocenters. The molecule has 5 rings (SSSR count). The minimum Gasteiger partial charge on any atom is -0.464 e. The highest BCUT2D eigenvalue weighted by Gasteiger charge is 2.39. The summed E-state index contributed by atoms with van der Waals surface area (Å²) >= 11 is 7.64. The molecule has 0 saturated heterocycles. The van der Waals surface area contributed by atoms with Crippen LogP contribution in [-0.2, 0) is 21.3 Å². The summed E-state index contributed by atoms with van der Waals surface area (Å²) in [6.45, 7) is 1.81. The first-order chi connectivity index (χ1) is 19.7. The van der Waals surface area contributed by atoms with Gasteiger partial charge in [0.15, 0.2) is 28.2 Å². The summed E-state index contributed by atoms with van der Waals surface area (Å²) in [5, 5.41) is 9.56. The van der Waals surface area contributed by atoms with E-state index >= 15 is 0 Å². The average Bonchev–Trinajstić information content (AvgIpc) is 3.66. The zero-order valence-electron chi connectivity index (χ0n) is 22.6. The van der Waals surface area contributed by atoms with Gasteiger partial charge in [0, 0.05) is 41.5 Å². The van der Waals surface area contributed by atoms with Gasteiger partial charge in [0.25, 0.3) is 0 Å². The van der Waals surface area contributed by atoms with E-state index in [9.17, 15) is 18.4 Å². The second kappa shape index (κ2) is 12.1. The number of rotatable bonds is 7. The van der Waals surface area contributed by atoms with Gasteiger partial charge in [-0.15, -0.1) is 11.3 Å². The van der Waals surface area contributed by atoms with Gasteiger partial charge in [-0.05, 0) is 50.7 Å². The predicted molar refractivity (Wildman–Crippen MR) is 149 cm³/mol. The van der Waals surface area contributed by atoms with Gasteiger partial charge < -0.3 is 14.8 Å². The van der Waals surface area contributed by atoms with E-state index in [0.29, 0.717) is 29.4 Å². The second-order valence-electron chi connectivity index (χ2n) is 9.77. The molecule has 3 aromatic rings. The molecule has 1 N–H and O–H groups in total. The Hall–Kier alpha value is -3.64. The third kappa shape index (κ3) is 5.62. The molecule has 9 nitrogen and oxygen atoms in total. The van der Waals surface area contributed by atoms with Crippen molar-refractivity contribution in [3.8, 4) is 0 Å². The van der Waals surface area contributed by atoms with Gasteiger partial charge in [0.2, 0.25) is 0 Å². The number of carbonyl (C=O) groups excluding carboxylic acids is 2. The van der Waals surface area contributed by atoms with Crippen molar-refractivity contribution in [1.29, 1.82) is 0 Å². The fraction of sp³-hybridized carbons (Fsp3) is 0.393. The number of thiazole rings is 1. The zero-order chi connectivity index (χ0) is 29.3. The van der Waals surface area contributed by atoms with E-state index in [0.717, 1.165) is 24.6 Å². The molecule has 13 heteroatoms. The Labute approximate surface area is 244 Å². The van der Waals surface area contributed by atoms with Gasteiger partial charge in [0.1, 0.15) is 6.04 Å². The highest BCUT2D eigenvalue weighted by molar-refractivity contribution is 7.11. The van der Waals surface area contributed by atoms with Crippen LogP contribution in [-0.4, -0.2) is 46.3 Å². The van der Waals surface area contributed by atoms with Gasteiger partial charge in [0.05, 0.1) is 24.3 Å². The van der Waals surface area contributed by atoms with Crippen LogP contribution in [0.15, 0.2) is 46.0 Å². The quantitative estimate of drug-likeness (QED) is 0.282. The fourth-order valence-electron chi connectivity index (χ4n) is 5.49. The number of ether oxygens (including phenoxy) is 2. The molecule has 2 aromatic heterocycles. The summed E-state index contributed by atoms with van der Waals surface area (Å²) in [4.78, 5) is 34.5. The molecule has 3 heterocycles. The minimum atomic E-state index is -1.21. The van der Waals surface area contributed by atoms with Crippen molar-refractivity contribution >= 4 is 40.7 Å². The Morgan fingerprint density at radius 2 is 1.90 bits per heavy atom. The van der Waals surface area contributed by atoms with Gasteiger partial charge in [-0.2, -0.15) is 5.10 Å². The van der Waals surface area contributed by atoms with Crippen LogP contribution in [0.3, 0.4) is 0 Å². The number of aryl methyl sites for hydroxylation is 1. The van der Waals surface area contributed by atoms with Crippen molar-refractivity contribution in [3.63, 3.8) is 0 Å². The number of halogens is 3. The van der Waals surface area contributed by atoms with Crippen LogP contribution in [0.4, 0.5) is 8.78 Å². The first-order valence-electron chi connectivity index (χ1n) is 13.1.